The molecule has 2 heterocycles. The van der Waals surface area contributed by atoms with E-state index in [4.69, 9.17) is 4.52 Å². The van der Waals surface area contributed by atoms with Gasteiger partial charge in [0.25, 0.3) is 11.5 Å². The molecule has 2 aromatic carbocycles. The molecule has 0 aliphatic rings. The lowest BCUT2D eigenvalue weighted by Gasteiger charge is -2.19. The second kappa shape index (κ2) is 9.91. The zero-order valence-electron chi connectivity index (χ0n) is 16.7. The summed E-state index contributed by atoms with van der Waals surface area (Å²) in [7, 11) is -0.435. The van der Waals surface area contributed by atoms with Gasteiger partial charge in [0.1, 0.15) is 5.56 Å². The van der Waals surface area contributed by atoms with Gasteiger partial charge in [0.15, 0.2) is 0 Å². The van der Waals surface area contributed by atoms with Gasteiger partial charge in [-0.1, -0.05) is 60.7 Å². The Labute approximate surface area is 184 Å². The Bertz CT molecular complexity index is 1230. The summed E-state index contributed by atoms with van der Waals surface area (Å²) < 4.78 is 16.5. The minimum Gasteiger partial charge on any atom is -0.341 e. The van der Waals surface area contributed by atoms with E-state index in [1.807, 2.05) is 60.7 Å². The molecule has 0 bridgehead atoms. The van der Waals surface area contributed by atoms with Gasteiger partial charge in [-0.3, -0.25) is 19.1 Å². The summed E-state index contributed by atoms with van der Waals surface area (Å²) in [6, 6.07) is 18.6. The fourth-order valence-corrected chi connectivity index (χ4v) is 3.38. The Hall–Kier alpha value is -3.94. The van der Waals surface area contributed by atoms with E-state index in [1.165, 1.54) is 17.1 Å². The fourth-order valence-electron chi connectivity index (χ4n) is 3.17. The van der Waals surface area contributed by atoms with Crippen LogP contribution in [0.3, 0.4) is 0 Å². The van der Waals surface area contributed by atoms with Crippen LogP contribution < -0.4 is 10.9 Å². The molecule has 0 aliphatic heterocycles. The molecule has 10 heteroatoms. The molecule has 4 aromatic rings. The van der Waals surface area contributed by atoms with Crippen molar-refractivity contribution in [2.24, 2.45) is 0 Å². The lowest BCUT2D eigenvalue weighted by Crippen LogP contribution is -2.34. The van der Waals surface area contributed by atoms with Crippen molar-refractivity contribution in [3.8, 4) is 5.95 Å². The van der Waals surface area contributed by atoms with Crippen molar-refractivity contribution in [2.75, 3.05) is 0 Å². The predicted octanol–water partition coefficient (Wildman–Crippen LogP) is 3.20. The van der Waals surface area contributed by atoms with Crippen molar-refractivity contribution in [3.05, 3.63) is 112 Å². The summed E-state index contributed by atoms with van der Waals surface area (Å²) in [6.07, 6.45) is 4.28. The number of hydrogen-bond acceptors (Lipinski definition) is 6. The van der Waals surface area contributed by atoms with Gasteiger partial charge in [-0.05, 0) is 11.1 Å². The third-order valence-electron chi connectivity index (χ3n) is 4.71. The predicted molar refractivity (Wildman–Crippen MR) is 117 cm³/mol. The van der Waals surface area contributed by atoms with Gasteiger partial charge in [-0.25, -0.2) is 14.2 Å². The topological polar surface area (TPSA) is 119 Å². The van der Waals surface area contributed by atoms with Crippen LogP contribution in [0, 0.1) is 0 Å². The number of aromatic nitrogens is 4. The third-order valence-corrected chi connectivity index (χ3v) is 4.94. The number of amides is 1. The number of aromatic amines is 1. The summed E-state index contributed by atoms with van der Waals surface area (Å²) in [6.45, 7) is 0.0934. The summed E-state index contributed by atoms with van der Waals surface area (Å²) in [5, 5.41) is 7.01. The maximum atomic E-state index is 13.0. The highest BCUT2D eigenvalue weighted by Gasteiger charge is 2.20. The Morgan fingerprint density at radius 2 is 1.72 bits per heavy atom. The average Bonchev–Trinajstić information content (AvgIpc) is 3.31. The SMILES string of the molecule is O=POCc1cnn(-c2ncc(C(=O)NC(c3ccccc3)c3ccccc3)c(=O)[nH]2)c1. The maximum absolute atomic E-state index is 13.0. The lowest BCUT2D eigenvalue weighted by atomic mass is 9.98. The average molecular weight is 447 g/mol. The van der Waals surface area contributed by atoms with E-state index in [9.17, 15) is 14.2 Å². The number of carbonyl (C=O) groups is 1. The largest absolute Gasteiger partial charge is 0.341 e. The zero-order chi connectivity index (χ0) is 22.3. The van der Waals surface area contributed by atoms with Crippen LogP contribution in [0.1, 0.15) is 33.1 Å². The van der Waals surface area contributed by atoms with Crippen molar-refractivity contribution >= 4 is 14.6 Å². The fraction of sp³-hybridized carbons (Fsp3) is 0.0909. The summed E-state index contributed by atoms with van der Waals surface area (Å²) in [5.41, 5.74) is 1.70. The van der Waals surface area contributed by atoms with Crippen molar-refractivity contribution in [3.63, 3.8) is 0 Å². The number of carbonyl (C=O) groups excluding carboxylic acids is 1. The first-order valence-electron chi connectivity index (χ1n) is 9.64. The van der Waals surface area contributed by atoms with E-state index >= 15 is 0 Å². The monoisotopic (exact) mass is 447 g/mol. The quantitative estimate of drug-likeness (QED) is 0.401. The van der Waals surface area contributed by atoms with Crippen LogP contribution in [0.25, 0.3) is 5.95 Å². The molecule has 4 rings (SSSR count). The number of H-pyrrole nitrogens is 1. The molecule has 1 amide bonds. The second-order valence-corrected chi connectivity index (χ2v) is 7.23. The molecule has 9 nitrogen and oxygen atoms in total. The Morgan fingerprint density at radius 3 is 2.31 bits per heavy atom. The molecule has 0 atom stereocenters. The zero-order valence-corrected chi connectivity index (χ0v) is 17.6. The van der Waals surface area contributed by atoms with Crippen LogP contribution in [0.5, 0.6) is 0 Å². The molecule has 0 spiro atoms. The van der Waals surface area contributed by atoms with Crippen LogP contribution >= 0.6 is 8.69 Å². The van der Waals surface area contributed by atoms with Crippen LogP contribution in [0.4, 0.5) is 0 Å². The molecular weight excluding hydrogens is 429 g/mol. The molecular formula is C22H18N5O4P. The molecule has 0 saturated heterocycles. The molecule has 2 aromatic heterocycles. The van der Waals surface area contributed by atoms with Gasteiger partial charge >= 0.3 is 8.69 Å². The van der Waals surface area contributed by atoms with Gasteiger partial charge < -0.3 is 5.32 Å². The van der Waals surface area contributed by atoms with Gasteiger partial charge in [-0.2, -0.15) is 5.10 Å². The smallest absolute Gasteiger partial charge is 0.327 e. The number of hydrogen-bond donors (Lipinski definition) is 2. The molecule has 0 saturated carbocycles. The highest BCUT2D eigenvalue weighted by Crippen LogP contribution is 2.22. The van der Waals surface area contributed by atoms with Crippen LogP contribution in [-0.2, 0) is 15.7 Å². The van der Waals surface area contributed by atoms with Crippen molar-refractivity contribution in [2.45, 2.75) is 12.6 Å². The minimum atomic E-state index is -0.598. The van der Waals surface area contributed by atoms with Crippen molar-refractivity contribution in [1.82, 2.24) is 25.1 Å². The highest BCUT2D eigenvalue weighted by molar-refractivity contribution is 7.17. The molecule has 0 radical (unpaired) electrons. The van der Waals surface area contributed by atoms with E-state index < -0.39 is 26.2 Å². The number of nitrogens with one attached hydrogen (secondary N) is 2. The first-order chi connectivity index (χ1) is 15.7. The van der Waals surface area contributed by atoms with Gasteiger partial charge in [0, 0.05) is 18.0 Å². The van der Waals surface area contributed by atoms with E-state index in [2.05, 4.69) is 20.4 Å². The summed E-state index contributed by atoms with van der Waals surface area (Å²) >= 11 is 0. The van der Waals surface area contributed by atoms with Crippen LogP contribution in [0.15, 0.2) is 84.0 Å². The van der Waals surface area contributed by atoms with Crippen molar-refractivity contribution in [1.29, 1.82) is 0 Å². The van der Waals surface area contributed by atoms with Gasteiger partial charge in [-0.15, -0.1) is 0 Å². The van der Waals surface area contributed by atoms with Gasteiger partial charge in [0.2, 0.25) is 5.95 Å². The third kappa shape index (κ3) is 4.85. The van der Waals surface area contributed by atoms with E-state index in [-0.39, 0.29) is 18.1 Å². The number of nitrogens with zero attached hydrogens (tertiary/aromatic N) is 3. The van der Waals surface area contributed by atoms with E-state index in [0.717, 1.165) is 11.1 Å². The molecule has 32 heavy (non-hydrogen) atoms. The minimum absolute atomic E-state index is 0.0934. The second-order valence-electron chi connectivity index (χ2n) is 6.82. The molecule has 0 aliphatic carbocycles. The molecule has 0 fully saturated rings. The highest BCUT2D eigenvalue weighted by atomic mass is 31.1. The summed E-state index contributed by atoms with van der Waals surface area (Å²) in [4.78, 5) is 32.3. The van der Waals surface area contributed by atoms with Crippen LogP contribution in [-0.4, -0.2) is 25.7 Å². The first-order valence-corrected chi connectivity index (χ1v) is 10.4. The van der Waals surface area contributed by atoms with Gasteiger partial charge in [0.05, 0.1) is 18.8 Å². The van der Waals surface area contributed by atoms with E-state index in [0.29, 0.717) is 5.56 Å². The number of benzene rings is 2. The number of rotatable bonds is 8. The van der Waals surface area contributed by atoms with Crippen molar-refractivity contribution < 1.29 is 13.9 Å². The van der Waals surface area contributed by atoms with Crippen LogP contribution in [0.2, 0.25) is 0 Å². The van der Waals surface area contributed by atoms with E-state index in [1.54, 1.807) is 6.20 Å². The molecule has 160 valence electrons. The first kappa shape index (κ1) is 21.3. The lowest BCUT2D eigenvalue weighted by molar-refractivity contribution is 0.0941. The Kier molecular flexibility index (Phi) is 6.60. The summed E-state index contributed by atoms with van der Waals surface area (Å²) in [5.74, 6) is -0.410. The maximum Gasteiger partial charge on any atom is 0.327 e. The Morgan fingerprint density at radius 1 is 1.06 bits per heavy atom. The Balaban J connectivity index is 1.58. The molecule has 0 unspecified atom stereocenters. The normalized spacial score (nSPS) is 11.0. The standard InChI is InChI=1S/C22H18N5O4P/c28-20(25-19(16-7-3-1-4-8-16)17-9-5-2-6-10-17)18-12-23-22(26-21(18)29)27-13-15(11-24-27)14-31-32-30/h1-13,19H,14H2,(H,25,28)(H,23,26,29). The molecule has 2 N–H and O–H groups in total.